The van der Waals surface area contributed by atoms with Crippen LogP contribution in [0, 0.1) is 11.8 Å². The van der Waals surface area contributed by atoms with Crippen molar-refractivity contribution in [3.63, 3.8) is 0 Å². The number of aliphatic hydroxyl groups excluding tert-OH is 1. The lowest BCUT2D eigenvalue weighted by atomic mass is 9.99. The number of allylic oxidation sites excluding steroid dienone is 4. The van der Waals surface area contributed by atoms with Crippen molar-refractivity contribution in [2.45, 2.75) is 413 Å². The molecule has 584 valence electrons. The largest absolute Gasteiger partial charge is 0.472 e. The fourth-order valence-corrected chi connectivity index (χ4v) is 13.4. The topological polar surface area (TPSA) is 237 Å². The summed E-state index contributed by atoms with van der Waals surface area (Å²) in [4.78, 5) is 72.9. The summed E-state index contributed by atoms with van der Waals surface area (Å²) in [6, 6.07) is 0. The van der Waals surface area contributed by atoms with E-state index in [-0.39, 0.29) is 25.7 Å². The Morgan fingerprint density at radius 3 is 0.909 bits per heavy atom. The summed E-state index contributed by atoms with van der Waals surface area (Å²) < 4.78 is 68.6. The van der Waals surface area contributed by atoms with Gasteiger partial charge in [0.05, 0.1) is 26.4 Å². The van der Waals surface area contributed by atoms with Gasteiger partial charge in [0.2, 0.25) is 0 Å². The number of carbonyl (C=O) groups excluding carboxylic acids is 4. The zero-order valence-electron chi connectivity index (χ0n) is 64.3. The molecule has 0 aliphatic rings. The van der Waals surface area contributed by atoms with Gasteiger partial charge in [0.1, 0.15) is 19.3 Å². The van der Waals surface area contributed by atoms with Crippen molar-refractivity contribution in [1.29, 1.82) is 0 Å². The van der Waals surface area contributed by atoms with Gasteiger partial charge in [-0.3, -0.25) is 37.3 Å². The van der Waals surface area contributed by atoms with E-state index in [1.54, 1.807) is 0 Å². The van der Waals surface area contributed by atoms with Crippen LogP contribution < -0.4 is 0 Å². The molecular formula is C80H152O17P2. The van der Waals surface area contributed by atoms with E-state index in [0.29, 0.717) is 25.7 Å². The van der Waals surface area contributed by atoms with E-state index >= 15 is 0 Å². The minimum Gasteiger partial charge on any atom is -0.462 e. The Labute approximate surface area is 605 Å². The van der Waals surface area contributed by atoms with Crippen molar-refractivity contribution in [3.05, 3.63) is 24.3 Å². The van der Waals surface area contributed by atoms with Crippen molar-refractivity contribution in [3.8, 4) is 0 Å². The number of aliphatic hydroxyl groups is 1. The molecule has 3 unspecified atom stereocenters. The molecule has 0 aromatic carbocycles. The van der Waals surface area contributed by atoms with Crippen molar-refractivity contribution >= 4 is 39.5 Å². The van der Waals surface area contributed by atoms with E-state index in [1.807, 2.05) is 0 Å². The number of phosphoric ester groups is 2. The highest BCUT2D eigenvalue weighted by Gasteiger charge is 2.30. The number of phosphoric acid groups is 2. The van der Waals surface area contributed by atoms with Gasteiger partial charge in [-0.2, -0.15) is 0 Å². The van der Waals surface area contributed by atoms with Gasteiger partial charge in [0.25, 0.3) is 0 Å². The number of ether oxygens (including phenoxy) is 4. The van der Waals surface area contributed by atoms with Crippen LogP contribution in [0.5, 0.6) is 0 Å². The predicted octanol–water partition coefficient (Wildman–Crippen LogP) is 23.4. The molecule has 0 amide bonds. The molecule has 0 saturated carbocycles. The number of hydrogen-bond donors (Lipinski definition) is 3. The third kappa shape index (κ3) is 72.3. The lowest BCUT2D eigenvalue weighted by Gasteiger charge is -2.21. The number of hydrogen-bond acceptors (Lipinski definition) is 15. The van der Waals surface area contributed by atoms with E-state index in [4.69, 9.17) is 37.0 Å². The van der Waals surface area contributed by atoms with Crippen LogP contribution in [0.1, 0.15) is 395 Å². The van der Waals surface area contributed by atoms with Gasteiger partial charge in [-0.1, -0.05) is 342 Å². The first-order chi connectivity index (χ1) is 47.9. The zero-order valence-corrected chi connectivity index (χ0v) is 66.1. The van der Waals surface area contributed by atoms with Crippen LogP contribution in [-0.4, -0.2) is 96.7 Å². The monoisotopic (exact) mass is 1450 g/mol. The van der Waals surface area contributed by atoms with Crippen LogP contribution >= 0.6 is 15.6 Å². The van der Waals surface area contributed by atoms with Gasteiger partial charge in [0.15, 0.2) is 12.2 Å². The lowest BCUT2D eigenvalue weighted by Crippen LogP contribution is -2.30. The van der Waals surface area contributed by atoms with E-state index in [0.717, 1.165) is 121 Å². The molecule has 17 nitrogen and oxygen atoms in total. The summed E-state index contributed by atoms with van der Waals surface area (Å²) in [5.41, 5.74) is 0. The zero-order chi connectivity index (χ0) is 72.8. The molecule has 0 aliphatic carbocycles. The van der Waals surface area contributed by atoms with Crippen LogP contribution in [-0.2, 0) is 65.4 Å². The Bertz CT molecular complexity index is 2000. The highest BCUT2D eigenvalue weighted by molar-refractivity contribution is 7.47. The molecule has 0 fully saturated rings. The summed E-state index contributed by atoms with van der Waals surface area (Å²) in [6.45, 7) is 9.59. The second-order valence-corrected chi connectivity index (χ2v) is 31.7. The van der Waals surface area contributed by atoms with Crippen LogP contribution in [0.4, 0.5) is 0 Å². The maximum absolute atomic E-state index is 13.1. The van der Waals surface area contributed by atoms with Crippen molar-refractivity contribution in [2.24, 2.45) is 11.8 Å². The first kappa shape index (κ1) is 96.5. The second kappa shape index (κ2) is 71.2. The molecule has 0 bridgehead atoms. The number of carbonyl (C=O) groups is 4. The molecule has 0 aliphatic heterocycles. The molecule has 0 heterocycles. The second-order valence-electron chi connectivity index (χ2n) is 28.8. The summed E-state index contributed by atoms with van der Waals surface area (Å²) in [5.74, 6) is -0.538. The van der Waals surface area contributed by atoms with Gasteiger partial charge < -0.3 is 33.8 Å². The minimum atomic E-state index is -4.97. The SMILES string of the molecule is CCCCCC/C=C\C=C/CCCCCCCC(=O)OC[C@H](COP(=O)(O)OC[C@@H](O)COP(=O)(O)OC[C@@H](COC(=O)CCCCCCCCCCCC)OC(=O)CCCCCCCCCCCC(C)C)OC(=O)CCCCCCCCCCCCCCCCCCCCC(C)CC. The molecule has 19 heteroatoms. The summed E-state index contributed by atoms with van der Waals surface area (Å²) in [6.07, 6.45) is 63.3. The molecule has 0 saturated heterocycles. The number of esters is 4. The summed E-state index contributed by atoms with van der Waals surface area (Å²) >= 11 is 0. The molecule has 0 rings (SSSR count). The highest BCUT2D eigenvalue weighted by Crippen LogP contribution is 2.45. The van der Waals surface area contributed by atoms with Crippen LogP contribution in [0.15, 0.2) is 24.3 Å². The first-order valence-corrected chi connectivity index (χ1v) is 43.8. The number of rotatable bonds is 77. The van der Waals surface area contributed by atoms with Crippen LogP contribution in [0.25, 0.3) is 0 Å². The van der Waals surface area contributed by atoms with Crippen molar-refractivity contribution in [2.75, 3.05) is 39.6 Å². The third-order valence-corrected chi connectivity index (χ3v) is 20.3. The van der Waals surface area contributed by atoms with E-state index in [1.165, 1.54) is 193 Å². The van der Waals surface area contributed by atoms with Gasteiger partial charge in [-0.05, 0) is 63.2 Å². The average Bonchev–Trinajstić information content (AvgIpc) is 1.07. The molecule has 0 radical (unpaired) electrons. The standard InChI is InChI=1S/C80H152O17P2/c1-7-10-12-14-16-18-20-21-26-30-33-39-45-51-57-63-78(83)91-69-75(96-79(84)64-58-52-46-40-34-31-28-25-23-22-24-27-29-32-37-43-49-55-61-73(6)9-3)70-94-98(86,87)92-66-74(81)67-93-99(88,89)95-71-76(68-90-77(82)62-56-50-44-38-19-17-15-13-11-8-2)97-80(85)65-59-53-47-41-35-36-42-48-54-60-72(4)5/h18,20-21,26,72-76,81H,7-17,19,22-25,27-71H2,1-6H3,(H,86,87)(H,88,89)/b20-18-,26-21-/t73?,74-,75-,76-/m1/s1. The fraction of sp³-hybridized carbons (Fsp3) is 0.900. The molecule has 0 aromatic heterocycles. The van der Waals surface area contributed by atoms with Crippen molar-refractivity contribution < 1.29 is 80.2 Å². The molecule has 99 heavy (non-hydrogen) atoms. The smallest absolute Gasteiger partial charge is 0.462 e. The van der Waals surface area contributed by atoms with Gasteiger partial charge in [-0.15, -0.1) is 0 Å². The molecular weight excluding hydrogens is 1290 g/mol. The third-order valence-electron chi connectivity index (χ3n) is 18.4. The summed E-state index contributed by atoms with van der Waals surface area (Å²) in [5, 5.41) is 10.6. The summed E-state index contributed by atoms with van der Waals surface area (Å²) in [7, 11) is -9.93. The first-order valence-electron chi connectivity index (χ1n) is 40.8. The molecule has 6 atom stereocenters. The predicted molar refractivity (Wildman–Crippen MR) is 404 cm³/mol. The average molecular weight is 1450 g/mol. The van der Waals surface area contributed by atoms with E-state index < -0.39 is 97.5 Å². The lowest BCUT2D eigenvalue weighted by molar-refractivity contribution is -0.161. The highest BCUT2D eigenvalue weighted by atomic mass is 31.2. The molecule has 0 aromatic rings. The van der Waals surface area contributed by atoms with Crippen molar-refractivity contribution in [1.82, 2.24) is 0 Å². The fourth-order valence-electron chi connectivity index (χ4n) is 11.8. The van der Waals surface area contributed by atoms with Gasteiger partial charge in [-0.25, -0.2) is 9.13 Å². The minimum absolute atomic E-state index is 0.101. The number of unbranched alkanes of at least 4 members (excludes halogenated alkanes) is 43. The molecule has 3 N–H and O–H groups in total. The Morgan fingerprint density at radius 1 is 0.333 bits per heavy atom. The van der Waals surface area contributed by atoms with Gasteiger partial charge >= 0.3 is 39.5 Å². The molecule has 0 spiro atoms. The Balaban J connectivity index is 5.24. The maximum atomic E-state index is 13.1. The van der Waals surface area contributed by atoms with Gasteiger partial charge in [0, 0.05) is 25.7 Å². The Kier molecular flexibility index (Phi) is 69.4. The Morgan fingerprint density at radius 2 is 0.596 bits per heavy atom. The quantitative estimate of drug-likeness (QED) is 0.0169. The Hall–Kier alpha value is -2.46. The normalized spacial score (nSPS) is 14.4. The maximum Gasteiger partial charge on any atom is 0.472 e. The van der Waals surface area contributed by atoms with Crippen LogP contribution in [0.3, 0.4) is 0 Å². The van der Waals surface area contributed by atoms with E-state index in [2.05, 4.69) is 65.8 Å². The van der Waals surface area contributed by atoms with E-state index in [9.17, 15) is 43.2 Å². The van der Waals surface area contributed by atoms with Crippen LogP contribution in [0.2, 0.25) is 0 Å².